The minimum Gasteiger partial charge on any atom is -0.466 e. The quantitative estimate of drug-likeness (QED) is 0.590. The maximum absolute atomic E-state index is 11.3. The minimum absolute atomic E-state index is 0.159. The molecule has 0 aliphatic carbocycles. The fourth-order valence-corrected chi connectivity index (χ4v) is 1.27. The van der Waals surface area contributed by atoms with Crippen LogP contribution in [0.25, 0.3) is 0 Å². The van der Waals surface area contributed by atoms with Gasteiger partial charge in [-0.2, -0.15) is 0 Å². The average molecular weight is 186 g/mol. The van der Waals surface area contributed by atoms with Crippen molar-refractivity contribution in [2.24, 2.45) is 5.92 Å². The van der Waals surface area contributed by atoms with Crippen LogP contribution in [0.2, 0.25) is 0 Å². The first-order valence-electron chi connectivity index (χ1n) is 4.36. The molecule has 1 rings (SSSR count). The number of carbonyl (C=O) groups excluding carboxylic acids is 2. The van der Waals surface area contributed by atoms with Crippen LogP contribution in [-0.4, -0.2) is 31.2 Å². The molecule has 0 aromatic rings. The van der Waals surface area contributed by atoms with Crippen molar-refractivity contribution in [1.29, 1.82) is 0 Å². The van der Waals surface area contributed by atoms with Gasteiger partial charge in [-0.05, 0) is 13.8 Å². The second kappa shape index (κ2) is 4.11. The number of hydrogen-bond donors (Lipinski definition) is 2. The largest absolute Gasteiger partial charge is 0.466 e. The number of nitrogens with one attached hydrogen (secondary N) is 2. The maximum atomic E-state index is 11.3. The Morgan fingerprint density at radius 1 is 1.69 bits per heavy atom. The molecule has 0 radical (unpaired) electrons. The standard InChI is InChI=1S/C8H14N2O3/c1-3-13-7(11)6-4-9-8(12)10-5(6)2/h5-6H,3-4H2,1-2H3,(H2,9,10,12). The molecule has 0 aromatic carbocycles. The summed E-state index contributed by atoms with van der Waals surface area (Å²) >= 11 is 0. The lowest BCUT2D eigenvalue weighted by atomic mass is 10.00. The summed E-state index contributed by atoms with van der Waals surface area (Å²) in [5.41, 5.74) is 0. The second-order valence-corrected chi connectivity index (χ2v) is 3.00. The smallest absolute Gasteiger partial charge is 0.315 e. The van der Waals surface area contributed by atoms with Crippen LogP contribution in [0.1, 0.15) is 13.8 Å². The molecule has 5 nitrogen and oxygen atoms in total. The Morgan fingerprint density at radius 3 is 2.92 bits per heavy atom. The first-order chi connectivity index (χ1) is 6.15. The second-order valence-electron chi connectivity index (χ2n) is 3.00. The van der Waals surface area contributed by atoms with Crippen LogP contribution in [0.3, 0.4) is 0 Å². The third-order valence-electron chi connectivity index (χ3n) is 2.03. The van der Waals surface area contributed by atoms with Crippen LogP contribution in [0, 0.1) is 5.92 Å². The van der Waals surface area contributed by atoms with Gasteiger partial charge in [0.2, 0.25) is 0 Å². The molecule has 1 saturated heterocycles. The van der Waals surface area contributed by atoms with E-state index in [2.05, 4.69) is 10.6 Å². The van der Waals surface area contributed by atoms with E-state index in [1.54, 1.807) is 13.8 Å². The van der Waals surface area contributed by atoms with Gasteiger partial charge in [0, 0.05) is 12.6 Å². The van der Waals surface area contributed by atoms with Crippen LogP contribution < -0.4 is 10.6 Å². The molecule has 0 aromatic heterocycles. The third kappa shape index (κ3) is 2.34. The van der Waals surface area contributed by atoms with Gasteiger partial charge in [0.25, 0.3) is 0 Å². The fourth-order valence-electron chi connectivity index (χ4n) is 1.27. The van der Waals surface area contributed by atoms with Crippen molar-refractivity contribution in [2.75, 3.05) is 13.2 Å². The zero-order valence-corrected chi connectivity index (χ0v) is 7.79. The van der Waals surface area contributed by atoms with Crippen LogP contribution in [0.15, 0.2) is 0 Å². The van der Waals surface area contributed by atoms with Crippen molar-refractivity contribution in [3.63, 3.8) is 0 Å². The van der Waals surface area contributed by atoms with E-state index in [4.69, 9.17) is 4.74 Å². The zero-order valence-electron chi connectivity index (χ0n) is 7.79. The van der Waals surface area contributed by atoms with Crippen molar-refractivity contribution >= 4 is 12.0 Å². The third-order valence-corrected chi connectivity index (χ3v) is 2.03. The predicted octanol–water partition coefficient (Wildman–Crippen LogP) is -0.133. The molecule has 1 fully saturated rings. The Balaban J connectivity index is 2.50. The van der Waals surface area contributed by atoms with E-state index in [1.165, 1.54) is 0 Å². The van der Waals surface area contributed by atoms with Crippen molar-refractivity contribution in [3.8, 4) is 0 Å². The van der Waals surface area contributed by atoms with Gasteiger partial charge in [-0.3, -0.25) is 4.79 Å². The highest BCUT2D eigenvalue weighted by atomic mass is 16.5. The van der Waals surface area contributed by atoms with E-state index in [0.29, 0.717) is 13.2 Å². The number of hydrogen-bond acceptors (Lipinski definition) is 3. The van der Waals surface area contributed by atoms with Gasteiger partial charge in [0.15, 0.2) is 0 Å². The van der Waals surface area contributed by atoms with Gasteiger partial charge in [0.1, 0.15) is 0 Å². The summed E-state index contributed by atoms with van der Waals surface area (Å²) in [6.07, 6.45) is 0. The van der Waals surface area contributed by atoms with E-state index in [1.807, 2.05) is 0 Å². The number of esters is 1. The van der Waals surface area contributed by atoms with Crippen LogP contribution >= 0.6 is 0 Å². The molecule has 0 spiro atoms. The van der Waals surface area contributed by atoms with Crippen LogP contribution in [0.4, 0.5) is 4.79 Å². The van der Waals surface area contributed by atoms with Gasteiger partial charge in [-0.25, -0.2) is 4.79 Å². The Morgan fingerprint density at radius 2 is 2.38 bits per heavy atom. The number of urea groups is 1. The van der Waals surface area contributed by atoms with Gasteiger partial charge < -0.3 is 15.4 Å². The highest BCUT2D eigenvalue weighted by molar-refractivity contribution is 5.80. The molecule has 2 N–H and O–H groups in total. The van der Waals surface area contributed by atoms with Crippen LogP contribution in [0.5, 0.6) is 0 Å². The molecule has 13 heavy (non-hydrogen) atoms. The Labute approximate surface area is 76.8 Å². The lowest BCUT2D eigenvalue weighted by molar-refractivity contribution is -0.148. The van der Waals surface area contributed by atoms with Crippen LogP contribution in [-0.2, 0) is 9.53 Å². The molecular weight excluding hydrogens is 172 g/mol. The fraction of sp³-hybridized carbons (Fsp3) is 0.750. The summed E-state index contributed by atoms with van der Waals surface area (Å²) < 4.78 is 4.86. The van der Waals surface area contributed by atoms with Crippen molar-refractivity contribution in [3.05, 3.63) is 0 Å². The first-order valence-corrected chi connectivity index (χ1v) is 4.36. The molecule has 2 amide bonds. The molecule has 1 aliphatic heterocycles. The maximum Gasteiger partial charge on any atom is 0.315 e. The minimum atomic E-state index is -0.280. The van der Waals surface area contributed by atoms with E-state index in [0.717, 1.165) is 0 Å². The molecule has 2 atom stereocenters. The topological polar surface area (TPSA) is 67.4 Å². The highest BCUT2D eigenvalue weighted by Crippen LogP contribution is 2.08. The molecular formula is C8H14N2O3. The monoisotopic (exact) mass is 186 g/mol. The molecule has 0 saturated carbocycles. The normalized spacial score (nSPS) is 27.4. The molecule has 1 aliphatic rings. The Bertz CT molecular complexity index is 217. The number of ether oxygens (including phenoxy) is 1. The van der Waals surface area contributed by atoms with Crippen molar-refractivity contribution in [1.82, 2.24) is 10.6 Å². The van der Waals surface area contributed by atoms with Crippen molar-refractivity contribution < 1.29 is 14.3 Å². The summed E-state index contributed by atoms with van der Waals surface area (Å²) in [6.45, 7) is 4.28. The molecule has 5 heteroatoms. The average Bonchev–Trinajstić information content (AvgIpc) is 2.04. The summed E-state index contributed by atoms with van der Waals surface area (Å²) in [4.78, 5) is 22.1. The zero-order chi connectivity index (χ0) is 9.84. The summed E-state index contributed by atoms with van der Waals surface area (Å²) in [6, 6.07) is -0.388. The molecule has 0 bridgehead atoms. The van der Waals surface area contributed by atoms with E-state index < -0.39 is 0 Å². The predicted molar refractivity (Wildman–Crippen MR) is 46.1 cm³/mol. The molecule has 1 heterocycles. The number of rotatable bonds is 2. The van der Waals surface area contributed by atoms with E-state index in [-0.39, 0.29) is 24.0 Å². The Kier molecular flexibility index (Phi) is 3.11. The van der Waals surface area contributed by atoms with Gasteiger partial charge in [0.05, 0.1) is 12.5 Å². The highest BCUT2D eigenvalue weighted by Gasteiger charge is 2.31. The lowest BCUT2D eigenvalue weighted by Crippen LogP contribution is -2.56. The first kappa shape index (κ1) is 9.83. The summed E-state index contributed by atoms with van der Waals surface area (Å²) in [7, 11) is 0. The van der Waals surface area contributed by atoms with E-state index >= 15 is 0 Å². The summed E-state index contributed by atoms with van der Waals surface area (Å²) in [5.74, 6) is -0.542. The SMILES string of the molecule is CCOC(=O)C1CNC(=O)NC1C. The van der Waals surface area contributed by atoms with Gasteiger partial charge in [-0.15, -0.1) is 0 Å². The Hall–Kier alpha value is -1.26. The molecule has 74 valence electrons. The summed E-state index contributed by atoms with van der Waals surface area (Å²) in [5, 5.41) is 5.17. The van der Waals surface area contributed by atoms with Gasteiger partial charge >= 0.3 is 12.0 Å². The van der Waals surface area contributed by atoms with Gasteiger partial charge in [-0.1, -0.05) is 0 Å². The number of amides is 2. The molecule has 2 unspecified atom stereocenters. The lowest BCUT2D eigenvalue weighted by Gasteiger charge is -2.28. The van der Waals surface area contributed by atoms with E-state index in [9.17, 15) is 9.59 Å². The van der Waals surface area contributed by atoms with Crippen molar-refractivity contribution in [2.45, 2.75) is 19.9 Å². The number of carbonyl (C=O) groups is 2.